The number of phosphoric acid groups is 1. The molecule has 0 aliphatic rings. The molecule has 3 unspecified atom stereocenters. The van der Waals surface area contributed by atoms with Crippen molar-refractivity contribution in [2.45, 2.75) is 187 Å². The highest BCUT2D eigenvalue weighted by Crippen LogP contribution is 2.43. The Labute approximate surface area is 352 Å². The van der Waals surface area contributed by atoms with Gasteiger partial charge in [0.1, 0.15) is 12.7 Å². The lowest BCUT2D eigenvalue weighted by Crippen LogP contribution is -2.29. The normalized spacial score (nSPS) is 14.5. The Hall–Kier alpha value is -2.59. The zero-order chi connectivity index (χ0) is 42.6. The lowest BCUT2D eigenvalue weighted by molar-refractivity contribution is -0.161. The zero-order valence-corrected chi connectivity index (χ0v) is 37.1. The maximum atomic E-state index is 12.6. The van der Waals surface area contributed by atoms with E-state index in [2.05, 4.69) is 79.1 Å². The second kappa shape index (κ2) is 42.5. The number of rotatable bonds is 41. The third-order valence-electron chi connectivity index (χ3n) is 9.09. The van der Waals surface area contributed by atoms with E-state index in [1.165, 1.54) is 70.6 Å². The molecule has 0 radical (unpaired) electrons. The van der Waals surface area contributed by atoms with Crippen LogP contribution >= 0.6 is 7.82 Å². The number of esters is 2. The fraction of sp³-hybridized carbons (Fsp3) is 0.702. The molecule has 0 saturated heterocycles. The molecule has 0 bridgehead atoms. The molecular weight excluding hydrogens is 755 g/mol. The average Bonchev–Trinajstić information content (AvgIpc) is 3.21. The van der Waals surface area contributed by atoms with Gasteiger partial charge >= 0.3 is 19.8 Å². The van der Waals surface area contributed by atoms with Crippen molar-refractivity contribution < 1.29 is 47.8 Å². The Bertz CT molecular complexity index is 1190. The molecule has 3 N–H and O–H groups in total. The molecule has 3 atom stereocenters. The monoisotopic (exact) mass is 837 g/mol. The van der Waals surface area contributed by atoms with Crippen LogP contribution in [-0.2, 0) is 32.7 Å². The van der Waals surface area contributed by atoms with E-state index in [1.807, 2.05) is 12.2 Å². The van der Waals surface area contributed by atoms with E-state index in [1.54, 1.807) is 0 Å². The topological polar surface area (TPSA) is 149 Å². The molecule has 0 heterocycles. The van der Waals surface area contributed by atoms with E-state index in [0.717, 1.165) is 57.8 Å². The number of hydrogen-bond donors (Lipinski definition) is 3. The summed E-state index contributed by atoms with van der Waals surface area (Å²) in [7, 11) is -4.64. The summed E-state index contributed by atoms with van der Waals surface area (Å²) in [5, 5.41) is 18.3. The van der Waals surface area contributed by atoms with E-state index in [0.29, 0.717) is 19.3 Å². The highest BCUT2D eigenvalue weighted by Gasteiger charge is 2.27. The van der Waals surface area contributed by atoms with Gasteiger partial charge in [-0.2, -0.15) is 0 Å². The van der Waals surface area contributed by atoms with Crippen LogP contribution in [0.3, 0.4) is 0 Å². The molecule has 0 aromatic carbocycles. The number of carbonyl (C=O) groups is 2. The molecule has 58 heavy (non-hydrogen) atoms. The Morgan fingerprint density at radius 3 is 1.50 bits per heavy atom. The van der Waals surface area contributed by atoms with Crippen LogP contribution in [0.2, 0.25) is 0 Å². The molecule has 0 aromatic rings. The summed E-state index contributed by atoms with van der Waals surface area (Å²) in [6.07, 6.45) is 48.7. The van der Waals surface area contributed by atoms with Gasteiger partial charge in [0.25, 0.3) is 0 Å². The summed E-state index contributed by atoms with van der Waals surface area (Å²) in [4.78, 5) is 35.0. The second-order valence-electron chi connectivity index (χ2n) is 14.7. The summed E-state index contributed by atoms with van der Waals surface area (Å²) >= 11 is 0. The molecule has 0 aromatic heterocycles. The van der Waals surface area contributed by atoms with Crippen molar-refractivity contribution in [1.29, 1.82) is 0 Å². The first-order valence-corrected chi connectivity index (χ1v) is 23.9. The molecule has 11 heteroatoms. The molecule has 334 valence electrons. The van der Waals surface area contributed by atoms with Gasteiger partial charge in [0.05, 0.1) is 19.8 Å². The Kier molecular flexibility index (Phi) is 40.6. The summed E-state index contributed by atoms with van der Waals surface area (Å²) < 4.78 is 32.7. The minimum atomic E-state index is -4.64. The van der Waals surface area contributed by atoms with Crippen molar-refractivity contribution in [1.82, 2.24) is 0 Å². The van der Waals surface area contributed by atoms with Gasteiger partial charge in [-0.15, -0.1) is 0 Å². The number of aliphatic hydroxyl groups excluding tert-OH is 2. The standard InChI is InChI=1S/C47H81O10P/c1-3-5-7-9-11-13-15-17-19-21-23-24-26-28-30-32-34-36-38-46(50)54-42-45(43-56-58(52,53)55-41-44(49)40-48)57-47(51)39-37-35-33-31-29-27-25-22-20-18-16-14-12-10-8-6-4-2/h6,8,12,14,18-21,25,27,31,33,44-45,48-49H,3-5,7,9-11,13,15-17,22-24,26,28-30,32,34-43H2,1-2H3,(H,52,53)/b8-6-,14-12-,20-18-,21-19-,27-25-,33-31-. The molecule has 0 amide bonds. The maximum absolute atomic E-state index is 12.6. The predicted molar refractivity (Wildman–Crippen MR) is 237 cm³/mol. The average molecular weight is 837 g/mol. The maximum Gasteiger partial charge on any atom is 0.472 e. The van der Waals surface area contributed by atoms with E-state index < -0.39 is 51.8 Å². The van der Waals surface area contributed by atoms with Gasteiger partial charge in [-0.25, -0.2) is 4.57 Å². The Balaban J connectivity index is 4.38. The van der Waals surface area contributed by atoms with Crippen LogP contribution in [0.15, 0.2) is 72.9 Å². The lowest BCUT2D eigenvalue weighted by Gasteiger charge is -2.20. The highest BCUT2D eigenvalue weighted by molar-refractivity contribution is 7.47. The summed E-state index contributed by atoms with van der Waals surface area (Å²) in [5.41, 5.74) is 0. The van der Waals surface area contributed by atoms with Gasteiger partial charge in [-0.05, 0) is 77.0 Å². The van der Waals surface area contributed by atoms with Crippen LogP contribution in [-0.4, -0.2) is 65.7 Å². The fourth-order valence-corrected chi connectivity index (χ4v) is 6.46. The summed E-state index contributed by atoms with van der Waals surface area (Å²) in [5.74, 6) is -1.00. The Morgan fingerprint density at radius 2 is 0.966 bits per heavy atom. The number of hydrogen-bond acceptors (Lipinski definition) is 9. The Morgan fingerprint density at radius 1 is 0.534 bits per heavy atom. The third-order valence-corrected chi connectivity index (χ3v) is 10.0. The molecule has 0 aliphatic heterocycles. The number of ether oxygens (including phenoxy) is 2. The first-order valence-electron chi connectivity index (χ1n) is 22.4. The SMILES string of the molecule is CC/C=C\C/C=C\C/C=C\C/C=C\C/C=C\CCCC(=O)OC(COC(=O)CCCCCCCCC/C=C\CCCCCCCCC)COP(=O)(O)OCC(O)CO. The van der Waals surface area contributed by atoms with Crippen molar-refractivity contribution in [3.8, 4) is 0 Å². The minimum Gasteiger partial charge on any atom is -0.462 e. The first kappa shape index (κ1) is 55.4. The molecule has 0 rings (SSSR count). The van der Waals surface area contributed by atoms with Crippen molar-refractivity contribution in [2.24, 2.45) is 0 Å². The minimum absolute atomic E-state index is 0.102. The van der Waals surface area contributed by atoms with Crippen LogP contribution in [0.4, 0.5) is 0 Å². The molecular formula is C47H81O10P. The van der Waals surface area contributed by atoms with Crippen LogP contribution in [0, 0.1) is 0 Å². The highest BCUT2D eigenvalue weighted by atomic mass is 31.2. The van der Waals surface area contributed by atoms with E-state index in [4.69, 9.17) is 19.1 Å². The van der Waals surface area contributed by atoms with Crippen molar-refractivity contribution >= 4 is 19.8 Å². The number of allylic oxidation sites excluding steroid dienone is 12. The van der Waals surface area contributed by atoms with Gasteiger partial charge in [-0.1, -0.05) is 157 Å². The molecule has 0 aliphatic carbocycles. The zero-order valence-electron chi connectivity index (χ0n) is 36.2. The molecule has 0 spiro atoms. The number of phosphoric ester groups is 1. The molecule has 0 fully saturated rings. The van der Waals surface area contributed by atoms with Crippen molar-refractivity contribution in [3.63, 3.8) is 0 Å². The van der Waals surface area contributed by atoms with Crippen LogP contribution < -0.4 is 0 Å². The number of carbonyl (C=O) groups excluding carboxylic acids is 2. The van der Waals surface area contributed by atoms with Crippen LogP contribution in [0.25, 0.3) is 0 Å². The van der Waals surface area contributed by atoms with Gasteiger partial charge in [0.2, 0.25) is 0 Å². The van der Waals surface area contributed by atoms with Crippen molar-refractivity contribution in [3.05, 3.63) is 72.9 Å². The smallest absolute Gasteiger partial charge is 0.462 e. The largest absolute Gasteiger partial charge is 0.472 e. The van der Waals surface area contributed by atoms with Gasteiger partial charge < -0.3 is 24.6 Å². The van der Waals surface area contributed by atoms with Crippen LogP contribution in [0.1, 0.15) is 174 Å². The summed E-state index contributed by atoms with van der Waals surface area (Å²) in [6.45, 7) is 2.19. The van der Waals surface area contributed by atoms with Gasteiger partial charge in [-0.3, -0.25) is 18.6 Å². The van der Waals surface area contributed by atoms with Gasteiger partial charge in [0.15, 0.2) is 6.10 Å². The van der Waals surface area contributed by atoms with E-state index >= 15 is 0 Å². The molecule has 0 saturated carbocycles. The fourth-order valence-electron chi connectivity index (χ4n) is 5.67. The van der Waals surface area contributed by atoms with Crippen LogP contribution in [0.5, 0.6) is 0 Å². The second-order valence-corrected chi connectivity index (χ2v) is 16.1. The third kappa shape index (κ3) is 41.6. The van der Waals surface area contributed by atoms with Crippen molar-refractivity contribution in [2.75, 3.05) is 26.4 Å². The quantitative estimate of drug-likeness (QED) is 0.0235. The number of unbranched alkanes of at least 4 members (excludes halogenated alkanes) is 15. The van der Waals surface area contributed by atoms with Gasteiger partial charge in [0, 0.05) is 12.8 Å². The van der Waals surface area contributed by atoms with E-state index in [9.17, 15) is 24.2 Å². The number of aliphatic hydroxyl groups is 2. The predicted octanol–water partition coefficient (Wildman–Crippen LogP) is 12.1. The molecule has 10 nitrogen and oxygen atoms in total. The first-order chi connectivity index (χ1) is 28.2. The summed E-state index contributed by atoms with van der Waals surface area (Å²) in [6, 6.07) is 0. The van der Waals surface area contributed by atoms with E-state index in [-0.39, 0.29) is 19.4 Å². The lowest BCUT2D eigenvalue weighted by atomic mass is 10.1.